The van der Waals surface area contributed by atoms with Gasteiger partial charge < -0.3 is 14.6 Å². The number of nitro benzene ring substituents is 1. The van der Waals surface area contributed by atoms with Crippen molar-refractivity contribution in [3.05, 3.63) is 70.4 Å². The number of rotatable bonds is 6. The number of nitro groups is 1. The predicted molar refractivity (Wildman–Crippen MR) is 104 cm³/mol. The van der Waals surface area contributed by atoms with E-state index >= 15 is 0 Å². The Hall–Kier alpha value is -3.68. The second kappa shape index (κ2) is 7.91. The zero-order valence-electron chi connectivity index (χ0n) is 15.4. The second-order valence-corrected chi connectivity index (χ2v) is 6.19. The van der Waals surface area contributed by atoms with Crippen molar-refractivity contribution in [3.63, 3.8) is 0 Å². The van der Waals surface area contributed by atoms with Gasteiger partial charge in [0.05, 0.1) is 10.5 Å². The Kier molecular flexibility index (Phi) is 5.39. The van der Waals surface area contributed by atoms with Crippen molar-refractivity contribution in [2.75, 3.05) is 5.32 Å². The molecule has 28 heavy (non-hydrogen) atoms. The molecule has 0 saturated carbocycles. The van der Waals surface area contributed by atoms with Gasteiger partial charge in [-0.05, 0) is 32.0 Å². The van der Waals surface area contributed by atoms with Crippen molar-refractivity contribution in [3.8, 4) is 0 Å². The molecule has 0 radical (unpaired) electrons. The standard InChI is InChI=1S/C20H19N3O5/c1-3-22-12-17(16-6-4-5-7-18(16)22)20(25)28-13(2)19(24)21-14-8-10-15(11-9-14)23(26)27/h4-13H,3H2,1-2H3,(H,21,24). The molecule has 0 fully saturated rings. The number of esters is 1. The predicted octanol–water partition coefficient (Wildman–Crippen LogP) is 3.75. The summed E-state index contributed by atoms with van der Waals surface area (Å²) in [7, 11) is 0. The summed E-state index contributed by atoms with van der Waals surface area (Å²) < 4.78 is 7.26. The molecule has 0 aliphatic heterocycles. The Morgan fingerprint density at radius 3 is 2.50 bits per heavy atom. The van der Waals surface area contributed by atoms with Gasteiger partial charge in [-0.15, -0.1) is 0 Å². The average molecular weight is 381 g/mol. The molecule has 1 N–H and O–H groups in total. The van der Waals surface area contributed by atoms with E-state index in [2.05, 4.69) is 5.32 Å². The van der Waals surface area contributed by atoms with Crippen LogP contribution >= 0.6 is 0 Å². The van der Waals surface area contributed by atoms with E-state index in [1.165, 1.54) is 31.2 Å². The topological polar surface area (TPSA) is 103 Å². The van der Waals surface area contributed by atoms with E-state index in [0.29, 0.717) is 17.8 Å². The van der Waals surface area contributed by atoms with Crippen LogP contribution in [0, 0.1) is 10.1 Å². The molecule has 1 heterocycles. The maximum absolute atomic E-state index is 12.6. The van der Waals surface area contributed by atoms with E-state index in [-0.39, 0.29) is 5.69 Å². The number of hydrogen-bond donors (Lipinski definition) is 1. The van der Waals surface area contributed by atoms with E-state index in [1.54, 1.807) is 6.20 Å². The highest BCUT2D eigenvalue weighted by Gasteiger charge is 2.22. The van der Waals surface area contributed by atoms with Gasteiger partial charge in [-0.3, -0.25) is 14.9 Å². The van der Waals surface area contributed by atoms with Gasteiger partial charge in [0.25, 0.3) is 11.6 Å². The van der Waals surface area contributed by atoms with E-state index in [1.807, 2.05) is 35.8 Å². The Labute approximate surface area is 160 Å². The lowest BCUT2D eigenvalue weighted by atomic mass is 10.2. The summed E-state index contributed by atoms with van der Waals surface area (Å²) in [6.45, 7) is 4.14. The maximum Gasteiger partial charge on any atom is 0.341 e. The molecule has 3 rings (SSSR count). The van der Waals surface area contributed by atoms with Crippen LogP contribution in [0.1, 0.15) is 24.2 Å². The van der Waals surface area contributed by atoms with Gasteiger partial charge in [0.1, 0.15) is 0 Å². The van der Waals surface area contributed by atoms with Gasteiger partial charge in [-0.2, -0.15) is 0 Å². The van der Waals surface area contributed by atoms with Gasteiger partial charge in [-0.1, -0.05) is 18.2 Å². The minimum absolute atomic E-state index is 0.0789. The van der Waals surface area contributed by atoms with Crippen molar-refractivity contribution < 1.29 is 19.2 Å². The molecule has 0 spiro atoms. The van der Waals surface area contributed by atoms with Gasteiger partial charge in [-0.25, -0.2) is 4.79 Å². The number of amides is 1. The van der Waals surface area contributed by atoms with Crippen molar-refractivity contribution >= 4 is 34.2 Å². The van der Waals surface area contributed by atoms with E-state index in [9.17, 15) is 19.7 Å². The first-order chi connectivity index (χ1) is 13.4. The van der Waals surface area contributed by atoms with Gasteiger partial charge >= 0.3 is 5.97 Å². The number of carbonyl (C=O) groups excluding carboxylic acids is 2. The number of non-ortho nitro benzene ring substituents is 1. The van der Waals surface area contributed by atoms with Crippen LogP contribution in [0.25, 0.3) is 10.9 Å². The Balaban J connectivity index is 1.70. The highest BCUT2D eigenvalue weighted by molar-refractivity contribution is 6.05. The molecule has 1 aromatic heterocycles. The summed E-state index contributed by atoms with van der Waals surface area (Å²) in [4.78, 5) is 35.0. The van der Waals surface area contributed by atoms with Crippen molar-refractivity contribution in [2.45, 2.75) is 26.5 Å². The number of ether oxygens (including phenoxy) is 1. The summed E-state index contributed by atoms with van der Waals surface area (Å²) in [6.07, 6.45) is 0.681. The number of nitrogens with zero attached hydrogens (tertiary/aromatic N) is 2. The molecule has 2 aromatic carbocycles. The van der Waals surface area contributed by atoms with Crippen LogP contribution in [0.3, 0.4) is 0 Å². The molecule has 0 aliphatic rings. The number of fused-ring (bicyclic) bond motifs is 1. The smallest absolute Gasteiger partial charge is 0.341 e. The van der Waals surface area contributed by atoms with Crippen LogP contribution in [-0.4, -0.2) is 27.5 Å². The largest absolute Gasteiger partial charge is 0.449 e. The second-order valence-electron chi connectivity index (χ2n) is 6.19. The van der Waals surface area contributed by atoms with Crippen LogP contribution in [0.5, 0.6) is 0 Å². The molecule has 144 valence electrons. The third-order valence-electron chi connectivity index (χ3n) is 4.35. The molecule has 1 atom stereocenters. The first kappa shape index (κ1) is 19.1. The van der Waals surface area contributed by atoms with Crippen LogP contribution in [0.2, 0.25) is 0 Å². The fourth-order valence-electron chi connectivity index (χ4n) is 2.86. The minimum atomic E-state index is -1.04. The third-order valence-corrected chi connectivity index (χ3v) is 4.35. The summed E-state index contributed by atoms with van der Waals surface area (Å²) in [6, 6.07) is 12.9. The van der Waals surface area contributed by atoms with Crippen LogP contribution in [0.15, 0.2) is 54.7 Å². The third kappa shape index (κ3) is 3.85. The highest BCUT2D eigenvalue weighted by Crippen LogP contribution is 2.23. The van der Waals surface area contributed by atoms with Crippen molar-refractivity contribution in [2.24, 2.45) is 0 Å². The Morgan fingerprint density at radius 2 is 1.86 bits per heavy atom. The Morgan fingerprint density at radius 1 is 1.18 bits per heavy atom. The SMILES string of the molecule is CCn1cc(C(=O)OC(C)C(=O)Nc2ccc([N+](=O)[O-])cc2)c2ccccc21. The summed E-state index contributed by atoms with van der Waals surface area (Å²) in [5, 5.41) is 14.0. The van der Waals surface area contributed by atoms with Crippen LogP contribution < -0.4 is 5.32 Å². The Bertz CT molecular complexity index is 1040. The molecular weight excluding hydrogens is 362 g/mol. The first-order valence-corrected chi connectivity index (χ1v) is 8.75. The molecule has 1 amide bonds. The van der Waals surface area contributed by atoms with Gasteiger partial charge in [0.2, 0.25) is 0 Å². The maximum atomic E-state index is 12.6. The molecule has 8 nitrogen and oxygen atoms in total. The lowest BCUT2D eigenvalue weighted by molar-refractivity contribution is -0.384. The number of aryl methyl sites for hydroxylation is 1. The summed E-state index contributed by atoms with van der Waals surface area (Å²) in [5.41, 5.74) is 1.61. The first-order valence-electron chi connectivity index (χ1n) is 8.75. The number of anilines is 1. The molecular formula is C20H19N3O5. The lowest BCUT2D eigenvalue weighted by Gasteiger charge is -2.13. The fourth-order valence-corrected chi connectivity index (χ4v) is 2.86. The van der Waals surface area contributed by atoms with E-state index < -0.39 is 22.9 Å². The average Bonchev–Trinajstić information content (AvgIpc) is 3.07. The number of carbonyl (C=O) groups is 2. The van der Waals surface area contributed by atoms with E-state index in [4.69, 9.17) is 4.74 Å². The van der Waals surface area contributed by atoms with Gasteiger partial charge in [0.15, 0.2) is 6.10 Å². The van der Waals surface area contributed by atoms with E-state index in [0.717, 1.165) is 10.9 Å². The van der Waals surface area contributed by atoms with Crippen molar-refractivity contribution in [1.82, 2.24) is 4.57 Å². The summed E-state index contributed by atoms with van der Waals surface area (Å²) in [5.74, 6) is -1.11. The normalized spacial score (nSPS) is 11.8. The summed E-state index contributed by atoms with van der Waals surface area (Å²) >= 11 is 0. The zero-order chi connectivity index (χ0) is 20.3. The lowest BCUT2D eigenvalue weighted by Crippen LogP contribution is -2.29. The number of aromatic nitrogens is 1. The molecule has 8 heteroatoms. The number of para-hydroxylation sites is 1. The quantitative estimate of drug-likeness (QED) is 0.398. The van der Waals surface area contributed by atoms with Crippen LogP contribution in [0.4, 0.5) is 11.4 Å². The molecule has 0 saturated heterocycles. The van der Waals surface area contributed by atoms with Crippen molar-refractivity contribution in [1.29, 1.82) is 0 Å². The number of hydrogen-bond acceptors (Lipinski definition) is 5. The van der Waals surface area contributed by atoms with Crippen LogP contribution in [-0.2, 0) is 16.1 Å². The highest BCUT2D eigenvalue weighted by atomic mass is 16.6. The molecule has 3 aromatic rings. The fraction of sp³-hybridized carbons (Fsp3) is 0.200. The van der Waals surface area contributed by atoms with Gasteiger partial charge in [0, 0.05) is 41.5 Å². The number of nitrogens with one attached hydrogen (secondary N) is 1. The number of benzene rings is 2. The molecule has 0 bridgehead atoms. The molecule has 0 aliphatic carbocycles. The monoisotopic (exact) mass is 381 g/mol. The molecule has 1 unspecified atom stereocenters. The minimum Gasteiger partial charge on any atom is -0.449 e. The zero-order valence-corrected chi connectivity index (χ0v) is 15.4.